The molecule has 1 N–H and O–H groups in total. The summed E-state index contributed by atoms with van der Waals surface area (Å²) in [5.41, 5.74) is 3.07. The smallest absolute Gasteiger partial charge is 0.284 e. The van der Waals surface area contributed by atoms with Gasteiger partial charge in [-0.05, 0) is 25.1 Å². The average molecular weight is 291 g/mol. The van der Waals surface area contributed by atoms with E-state index < -0.39 is 0 Å². The molecule has 0 amide bonds. The fourth-order valence-electron chi connectivity index (χ4n) is 2.83. The van der Waals surface area contributed by atoms with Crippen molar-refractivity contribution in [2.24, 2.45) is 7.05 Å². The zero-order valence-electron chi connectivity index (χ0n) is 12.4. The van der Waals surface area contributed by atoms with Crippen molar-refractivity contribution in [3.8, 4) is 5.69 Å². The average Bonchev–Trinajstić information content (AvgIpc) is 2.87. The molecule has 0 saturated heterocycles. The Morgan fingerprint density at radius 3 is 2.77 bits per heavy atom. The first-order valence-corrected chi connectivity index (χ1v) is 7.10. The molecule has 5 heteroatoms. The van der Waals surface area contributed by atoms with Crippen LogP contribution in [-0.4, -0.2) is 14.8 Å². The number of nitrogens with one attached hydrogen (secondary N) is 1. The first kappa shape index (κ1) is 12.8. The predicted molar refractivity (Wildman–Crippen MR) is 85.1 cm³/mol. The van der Waals surface area contributed by atoms with Crippen molar-refractivity contribution in [1.82, 2.24) is 14.8 Å². The van der Waals surface area contributed by atoms with Crippen LogP contribution in [0.15, 0.2) is 53.6 Å². The summed E-state index contributed by atoms with van der Waals surface area (Å²) in [6, 6.07) is 11.8. The maximum absolute atomic E-state index is 12.8. The van der Waals surface area contributed by atoms with Gasteiger partial charge in [-0.1, -0.05) is 18.2 Å². The van der Waals surface area contributed by atoms with E-state index in [1.807, 2.05) is 61.1 Å². The van der Waals surface area contributed by atoms with Gasteiger partial charge in [0.05, 0.1) is 11.9 Å². The number of aryl methyl sites for hydroxylation is 2. The van der Waals surface area contributed by atoms with Crippen LogP contribution in [0, 0.1) is 6.92 Å². The number of aromatic nitrogens is 4. The van der Waals surface area contributed by atoms with Crippen LogP contribution in [0.3, 0.4) is 0 Å². The molecule has 0 atom stereocenters. The largest absolute Gasteiger partial charge is 0.344 e. The minimum atomic E-state index is -0.0751. The Balaban J connectivity index is 2.12. The van der Waals surface area contributed by atoms with E-state index in [0.29, 0.717) is 5.52 Å². The van der Waals surface area contributed by atoms with Crippen LogP contribution < -0.4 is 10.1 Å². The molecule has 1 aromatic carbocycles. The maximum atomic E-state index is 12.8. The summed E-state index contributed by atoms with van der Waals surface area (Å²) in [5.74, 6) is 0. The van der Waals surface area contributed by atoms with E-state index in [2.05, 4.69) is 10.1 Å². The SMILES string of the molecule is Cc1ccc(-n2[nH]c3c4ccccc4c[n+](C)c3c2=O)cn1. The second-order valence-corrected chi connectivity index (χ2v) is 5.46. The second-order valence-electron chi connectivity index (χ2n) is 5.46. The summed E-state index contributed by atoms with van der Waals surface area (Å²) in [5, 5.41) is 5.35. The third kappa shape index (κ3) is 1.75. The highest BCUT2D eigenvalue weighted by Gasteiger charge is 2.19. The summed E-state index contributed by atoms with van der Waals surface area (Å²) >= 11 is 0. The molecule has 4 aromatic rings. The van der Waals surface area contributed by atoms with Crippen molar-refractivity contribution in [2.45, 2.75) is 6.92 Å². The van der Waals surface area contributed by atoms with Gasteiger partial charge in [0.15, 0.2) is 6.20 Å². The molecule has 0 bridgehead atoms. The monoisotopic (exact) mass is 291 g/mol. The van der Waals surface area contributed by atoms with E-state index in [9.17, 15) is 4.79 Å². The molecule has 0 fully saturated rings. The second kappa shape index (κ2) is 4.53. The normalized spacial score (nSPS) is 11.4. The molecule has 0 saturated carbocycles. The fraction of sp³-hybridized carbons (Fsp3) is 0.118. The molecule has 0 aliphatic heterocycles. The lowest BCUT2D eigenvalue weighted by Crippen LogP contribution is -2.33. The van der Waals surface area contributed by atoms with Crippen molar-refractivity contribution in [3.63, 3.8) is 0 Å². The Morgan fingerprint density at radius 2 is 2.00 bits per heavy atom. The van der Waals surface area contributed by atoms with Gasteiger partial charge in [-0.3, -0.25) is 14.9 Å². The maximum Gasteiger partial charge on any atom is 0.344 e. The Morgan fingerprint density at radius 1 is 1.18 bits per heavy atom. The molecule has 5 nitrogen and oxygen atoms in total. The molecule has 3 aromatic heterocycles. The zero-order chi connectivity index (χ0) is 15.3. The van der Waals surface area contributed by atoms with Gasteiger partial charge in [0.1, 0.15) is 12.6 Å². The number of H-pyrrole nitrogens is 1. The molecule has 4 rings (SSSR count). The van der Waals surface area contributed by atoms with Crippen LogP contribution in [-0.2, 0) is 7.05 Å². The van der Waals surface area contributed by atoms with Crippen LogP contribution >= 0.6 is 0 Å². The molecule has 0 unspecified atom stereocenters. The van der Waals surface area contributed by atoms with Gasteiger partial charge in [-0.2, -0.15) is 4.57 Å². The number of hydrogen-bond acceptors (Lipinski definition) is 2. The van der Waals surface area contributed by atoms with Crippen molar-refractivity contribution in [1.29, 1.82) is 0 Å². The topological polar surface area (TPSA) is 54.6 Å². The van der Waals surface area contributed by atoms with E-state index >= 15 is 0 Å². The molecule has 0 radical (unpaired) electrons. The number of benzene rings is 1. The summed E-state index contributed by atoms with van der Waals surface area (Å²) < 4.78 is 3.41. The summed E-state index contributed by atoms with van der Waals surface area (Å²) in [7, 11) is 1.89. The molecule has 0 aliphatic carbocycles. The van der Waals surface area contributed by atoms with E-state index in [-0.39, 0.29) is 5.56 Å². The number of fused-ring (bicyclic) bond motifs is 3. The van der Waals surface area contributed by atoms with Gasteiger partial charge < -0.3 is 0 Å². The van der Waals surface area contributed by atoms with Crippen LogP contribution in [0.4, 0.5) is 0 Å². The Labute approximate surface area is 126 Å². The van der Waals surface area contributed by atoms with E-state index in [0.717, 1.165) is 27.7 Å². The van der Waals surface area contributed by atoms with Crippen LogP contribution in [0.2, 0.25) is 0 Å². The molecule has 108 valence electrons. The third-order valence-corrected chi connectivity index (χ3v) is 3.94. The lowest BCUT2D eigenvalue weighted by Gasteiger charge is -2.00. The first-order chi connectivity index (χ1) is 10.6. The predicted octanol–water partition coefficient (Wildman–Crippen LogP) is 2.00. The zero-order valence-corrected chi connectivity index (χ0v) is 12.4. The third-order valence-electron chi connectivity index (χ3n) is 3.94. The molecule has 22 heavy (non-hydrogen) atoms. The van der Waals surface area contributed by atoms with Crippen molar-refractivity contribution < 1.29 is 4.57 Å². The van der Waals surface area contributed by atoms with Gasteiger partial charge in [-0.25, -0.2) is 4.68 Å². The highest BCUT2D eigenvalue weighted by atomic mass is 16.1. The highest BCUT2D eigenvalue weighted by Crippen LogP contribution is 2.19. The highest BCUT2D eigenvalue weighted by molar-refractivity contribution is 6.01. The first-order valence-electron chi connectivity index (χ1n) is 7.10. The number of pyridine rings is 2. The number of aromatic amines is 1. The summed E-state index contributed by atoms with van der Waals surface area (Å²) in [4.78, 5) is 17.0. The Kier molecular flexibility index (Phi) is 2.63. The molecule has 3 heterocycles. The Hall–Kier alpha value is -2.95. The number of hydrogen-bond donors (Lipinski definition) is 1. The van der Waals surface area contributed by atoms with Gasteiger partial charge in [0, 0.05) is 16.5 Å². The van der Waals surface area contributed by atoms with Crippen molar-refractivity contribution in [3.05, 3.63) is 64.8 Å². The van der Waals surface area contributed by atoms with Gasteiger partial charge >= 0.3 is 5.56 Å². The van der Waals surface area contributed by atoms with Gasteiger partial charge in [-0.15, -0.1) is 0 Å². The lowest BCUT2D eigenvalue weighted by atomic mass is 10.1. The van der Waals surface area contributed by atoms with Crippen molar-refractivity contribution >= 4 is 21.8 Å². The van der Waals surface area contributed by atoms with Gasteiger partial charge in [0.2, 0.25) is 0 Å². The van der Waals surface area contributed by atoms with Crippen LogP contribution in [0.1, 0.15) is 5.69 Å². The van der Waals surface area contributed by atoms with E-state index in [4.69, 9.17) is 0 Å². The molecular formula is C17H15N4O+. The molecule has 0 spiro atoms. The lowest BCUT2D eigenvalue weighted by molar-refractivity contribution is -0.644. The molecular weight excluding hydrogens is 276 g/mol. The van der Waals surface area contributed by atoms with Crippen LogP contribution in [0.25, 0.3) is 27.5 Å². The Bertz CT molecular complexity index is 1060. The molecule has 0 aliphatic rings. The number of rotatable bonds is 1. The van der Waals surface area contributed by atoms with E-state index in [1.54, 1.807) is 10.9 Å². The van der Waals surface area contributed by atoms with Crippen LogP contribution in [0.5, 0.6) is 0 Å². The standard InChI is InChI=1S/C17H14N4O/c1-11-7-8-13(9-18-11)21-17(22)16-15(19-21)14-6-4-3-5-12(14)10-20(16)2/h3-10H,1-2H3/p+1. The summed E-state index contributed by atoms with van der Waals surface area (Å²) in [6.45, 7) is 1.92. The van der Waals surface area contributed by atoms with Gasteiger partial charge in [0.25, 0.3) is 5.52 Å². The number of nitrogens with zero attached hydrogens (tertiary/aromatic N) is 3. The minimum Gasteiger partial charge on any atom is -0.284 e. The van der Waals surface area contributed by atoms with E-state index in [1.165, 1.54) is 0 Å². The summed E-state index contributed by atoms with van der Waals surface area (Å²) in [6.07, 6.45) is 3.68. The quantitative estimate of drug-likeness (QED) is 0.545. The fourth-order valence-corrected chi connectivity index (χ4v) is 2.83. The minimum absolute atomic E-state index is 0.0751. The van der Waals surface area contributed by atoms with Crippen molar-refractivity contribution in [2.75, 3.05) is 0 Å².